The molecule has 0 aliphatic rings. The van der Waals surface area contributed by atoms with Crippen LogP contribution in [-0.4, -0.2) is 39.3 Å². The average molecular weight is 221 g/mol. The zero-order chi connectivity index (χ0) is 11.5. The number of anilines is 1. The molecule has 16 heavy (non-hydrogen) atoms. The third kappa shape index (κ3) is 2.11. The molecule has 2 heterocycles. The lowest BCUT2D eigenvalue weighted by atomic mass is 10.4. The number of methoxy groups -OCH3 is 1. The average Bonchev–Trinajstić information content (AvgIpc) is 2.73. The van der Waals surface area contributed by atoms with E-state index >= 15 is 0 Å². The van der Waals surface area contributed by atoms with Crippen LogP contribution in [0.15, 0.2) is 12.4 Å². The number of fused-ring (bicyclic) bond motifs is 1. The molecule has 0 amide bonds. The Morgan fingerprint density at radius 1 is 1.56 bits per heavy atom. The van der Waals surface area contributed by atoms with Crippen LogP contribution < -0.4 is 5.32 Å². The predicted molar refractivity (Wildman–Crippen MR) is 60.5 cm³/mol. The Kier molecular flexibility index (Phi) is 3.00. The van der Waals surface area contributed by atoms with Crippen molar-refractivity contribution in [2.45, 2.75) is 20.0 Å². The van der Waals surface area contributed by atoms with Crippen LogP contribution in [0, 0.1) is 6.92 Å². The van der Waals surface area contributed by atoms with Crippen molar-refractivity contribution in [1.82, 2.24) is 19.6 Å². The highest BCUT2D eigenvalue weighted by atomic mass is 16.5. The quantitative estimate of drug-likeness (QED) is 0.830. The molecule has 2 aromatic heterocycles. The first-order chi connectivity index (χ1) is 7.70. The maximum atomic E-state index is 5.17. The van der Waals surface area contributed by atoms with Crippen LogP contribution in [0.5, 0.6) is 0 Å². The van der Waals surface area contributed by atoms with Crippen molar-refractivity contribution in [3.63, 3.8) is 0 Å². The highest BCUT2D eigenvalue weighted by Gasteiger charge is 2.06. The standard InChI is InChI=1S/C10H15N5O/c1-7-4-9(11-5-8(2)16-3)15-10(14-7)12-6-13-15/h4,6,8,11H,5H2,1-3H3. The van der Waals surface area contributed by atoms with Gasteiger partial charge >= 0.3 is 0 Å². The molecular weight excluding hydrogens is 206 g/mol. The van der Waals surface area contributed by atoms with E-state index in [0.29, 0.717) is 5.78 Å². The van der Waals surface area contributed by atoms with Gasteiger partial charge in [0, 0.05) is 25.4 Å². The molecular formula is C10H15N5O. The van der Waals surface area contributed by atoms with Gasteiger partial charge in [-0.3, -0.25) is 0 Å². The lowest BCUT2D eigenvalue weighted by molar-refractivity contribution is 0.128. The summed E-state index contributed by atoms with van der Waals surface area (Å²) >= 11 is 0. The topological polar surface area (TPSA) is 64.3 Å². The van der Waals surface area contributed by atoms with Crippen LogP contribution >= 0.6 is 0 Å². The van der Waals surface area contributed by atoms with Crippen LogP contribution in [-0.2, 0) is 4.74 Å². The van der Waals surface area contributed by atoms with Gasteiger partial charge in [-0.25, -0.2) is 4.98 Å². The van der Waals surface area contributed by atoms with E-state index in [4.69, 9.17) is 4.74 Å². The van der Waals surface area contributed by atoms with E-state index in [2.05, 4.69) is 20.4 Å². The Hall–Kier alpha value is -1.69. The van der Waals surface area contributed by atoms with E-state index in [9.17, 15) is 0 Å². The van der Waals surface area contributed by atoms with Crippen LogP contribution in [0.1, 0.15) is 12.6 Å². The van der Waals surface area contributed by atoms with Gasteiger partial charge in [-0.15, -0.1) is 0 Å². The summed E-state index contributed by atoms with van der Waals surface area (Å²) in [5.41, 5.74) is 0.910. The molecule has 0 aromatic carbocycles. The molecule has 1 atom stereocenters. The Bertz CT molecular complexity index is 481. The number of aromatic nitrogens is 4. The summed E-state index contributed by atoms with van der Waals surface area (Å²) in [6.07, 6.45) is 1.64. The minimum Gasteiger partial charge on any atom is -0.380 e. The second-order valence-electron chi connectivity index (χ2n) is 3.68. The fraction of sp³-hybridized carbons (Fsp3) is 0.500. The molecule has 0 aliphatic carbocycles. The van der Waals surface area contributed by atoms with E-state index in [-0.39, 0.29) is 6.10 Å². The van der Waals surface area contributed by atoms with Crippen molar-refractivity contribution in [2.75, 3.05) is 19.0 Å². The van der Waals surface area contributed by atoms with Gasteiger partial charge in [0.25, 0.3) is 5.78 Å². The summed E-state index contributed by atoms with van der Waals surface area (Å²) < 4.78 is 6.85. The SMILES string of the molecule is COC(C)CNc1cc(C)nc2ncnn12. The third-order valence-corrected chi connectivity index (χ3v) is 2.35. The number of aryl methyl sites for hydroxylation is 1. The summed E-state index contributed by atoms with van der Waals surface area (Å²) in [7, 11) is 1.69. The molecule has 2 rings (SSSR count). The largest absolute Gasteiger partial charge is 0.380 e. The second-order valence-corrected chi connectivity index (χ2v) is 3.68. The Labute approximate surface area is 93.7 Å². The first kappa shape index (κ1) is 10.8. The number of rotatable bonds is 4. The number of nitrogens with one attached hydrogen (secondary N) is 1. The molecule has 0 aliphatic heterocycles. The number of hydrogen-bond acceptors (Lipinski definition) is 5. The third-order valence-electron chi connectivity index (χ3n) is 2.35. The molecule has 2 aromatic rings. The molecule has 0 saturated carbocycles. The minimum absolute atomic E-state index is 0.145. The molecule has 0 radical (unpaired) electrons. The van der Waals surface area contributed by atoms with Gasteiger partial charge < -0.3 is 10.1 Å². The summed E-state index contributed by atoms with van der Waals surface area (Å²) in [6, 6.07) is 1.93. The molecule has 0 bridgehead atoms. The Morgan fingerprint density at radius 2 is 2.38 bits per heavy atom. The zero-order valence-electron chi connectivity index (χ0n) is 9.64. The van der Waals surface area contributed by atoms with Gasteiger partial charge in [-0.1, -0.05) is 0 Å². The lowest BCUT2D eigenvalue weighted by Gasteiger charge is -2.12. The summed E-state index contributed by atoms with van der Waals surface area (Å²) in [5.74, 6) is 1.48. The van der Waals surface area contributed by atoms with Gasteiger partial charge in [-0.05, 0) is 13.8 Å². The lowest BCUT2D eigenvalue weighted by Crippen LogP contribution is -2.19. The van der Waals surface area contributed by atoms with E-state index in [1.807, 2.05) is 19.9 Å². The zero-order valence-corrected chi connectivity index (χ0v) is 9.64. The smallest absolute Gasteiger partial charge is 0.254 e. The van der Waals surface area contributed by atoms with Crippen LogP contribution in [0.2, 0.25) is 0 Å². The van der Waals surface area contributed by atoms with Crippen LogP contribution in [0.3, 0.4) is 0 Å². The van der Waals surface area contributed by atoms with E-state index < -0.39 is 0 Å². The van der Waals surface area contributed by atoms with E-state index in [0.717, 1.165) is 18.1 Å². The number of ether oxygens (including phenoxy) is 1. The van der Waals surface area contributed by atoms with Crippen molar-refractivity contribution in [2.24, 2.45) is 0 Å². The normalized spacial score (nSPS) is 12.9. The first-order valence-electron chi connectivity index (χ1n) is 5.14. The fourth-order valence-electron chi connectivity index (χ4n) is 1.39. The highest BCUT2D eigenvalue weighted by molar-refractivity contribution is 5.44. The fourth-order valence-corrected chi connectivity index (χ4v) is 1.39. The van der Waals surface area contributed by atoms with Gasteiger partial charge in [0.05, 0.1) is 6.10 Å². The monoisotopic (exact) mass is 221 g/mol. The number of hydrogen-bond donors (Lipinski definition) is 1. The summed E-state index contributed by atoms with van der Waals surface area (Å²) in [5, 5.41) is 7.36. The van der Waals surface area contributed by atoms with Crippen LogP contribution in [0.4, 0.5) is 5.82 Å². The van der Waals surface area contributed by atoms with Crippen molar-refractivity contribution in [3.05, 3.63) is 18.1 Å². The number of nitrogens with zero attached hydrogens (tertiary/aromatic N) is 4. The van der Waals surface area contributed by atoms with Crippen molar-refractivity contribution < 1.29 is 4.74 Å². The van der Waals surface area contributed by atoms with E-state index in [1.54, 1.807) is 11.6 Å². The Morgan fingerprint density at radius 3 is 3.12 bits per heavy atom. The van der Waals surface area contributed by atoms with Crippen molar-refractivity contribution >= 4 is 11.6 Å². The summed E-state index contributed by atoms with van der Waals surface area (Å²) in [4.78, 5) is 8.32. The van der Waals surface area contributed by atoms with Gasteiger partial charge in [0.15, 0.2) is 0 Å². The Balaban J connectivity index is 2.25. The molecule has 6 heteroatoms. The molecule has 0 fully saturated rings. The molecule has 86 valence electrons. The van der Waals surface area contributed by atoms with Gasteiger partial charge in [-0.2, -0.15) is 14.6 Å². The minimum atomic E-state index is 0.145. The van der Waals surface area contributed by atoms with Crippen molar-refractivity contribution in [3.8, 4) is 0 Å². The summed E-state index contributed by atoms with van der Waals surface area (Å²) in [6.45, 7) is 4.65. The van der Waals surface area contributed by atoms with Crippen LogP contribution in [0.25, 0.3) is 5.78 Å². The second kappa shape index (κ2) is 4.44. The molecule has 1 unspecified atom stereocenters. The van der Waals surface area contributed by atoms with Crippen molar-refractivity contribution in [1.29, 1.82) is 0 Å². The molecule has 0 spiro atoms. The first-order valence-corrected chi connectivity index (χ1v) is 5.14. The molecule has 6 nitrogen and oxygen atoms in total. The predicted octanol–water partition coefficient (Wildman–Crippen LogP) is 0.880. The highest BCUT2D eigenvalue weighted by Crippen LogP contribution is 2.09. The van der Waals surface area contributed by atoms with Gasteiger partial charge in [0.1, 0.15) is 12.1 Å². The maximum Gasteiger partial charge on any atom is 0.254 e. The van der Waals surface area contributed by atoms with E-state index in [1.165, 1.54) is 6.33 Å². The maximum absolute atomic E-state index is 5.17. The van der Waals surface area contributed by atoms with Gasteiger partial charge in [0.2, 0.25) is 0 Å². The molecule has 1 N–H and O–H groups in total. The molecule has 0 saturated heterocycles.